The molecule has 280 valence electrons. The van der Waals surface area contributed by atoms with Crippen molar-refractivity contribution in [2.45, 2.75) is 162 Å². The standard InChI is InChI=1S/C43H64N4O4/c1-26-20-32(42(5,6)7)21-27(2)38(26)44-40(48)36-24-30-14-11-16-34(30)46(36,50)18-13-19-47(51)35-17-12-15-31(35)25-37(47)41(49)45-39-28(3)22-33(23-29(39)4)43(8,9)10/h20-23,30-31,34-37H,11-19,24-25H2,1-10H3,(H,44,48)(H,45,49)/t30-,31-,34-,35-,36-,37-,46?,47?/m0/s1. The smallest absolute Gasteiger partial charge is 0.283 e. The summed E-state index contributed by atoms with van der Waals surface area (Å²) in [5.74, 6) is 0.0785. The second-order valence-corrected chi connectivity index (χ2v) is 19.0. The van der Waals surface area contributed by atoms with E-state index in [0.717, 1.165) is 72.2 Å². The van der Waals surface area contributed by atoms with Crippen LogP contribution in [-0.4, -0.2) is 58.4 Å². The number of anilines is 2. The van der Waals surface area contributed by atoms with Crippen molar-refractivity contribution in [3.63, 3.8) is 0 Å². The molecule has 2 amide bonds. The Hall–Kier alpha value is -2.78. The molecule has 2 heterocycles. The number of hydrogen-bond acceptors (Lipinski definition) is 4. The first-order valence-corrected chi connectivity index (χ1v) is 19.8. The molecule has 4 fully saturated rings. The van der Waals surface area contributed by atoms with Gasteiger partial charge in [-0.25, -0.2) is 0 Å². The van der Waals surface area contributed by atoms with Gasteiger partial charge in [0, 0.05) is 55.3 Å². The highest BCUT2D eigenvalue weighted by atomic mass is 16.6. The first-order chi connectivity index (χ1) is 23.7. The first kappa shape index (κ1) is 38.0. The zero-order valence-electron chi connectivity index (χ0n) is 33.1. The molecule has 8 heteroatoms. The molecule has 0 spiro atoms. The lowest BCUT2D eigenvalue weighted by Crippen LogP contribution is -2.60. The highest BCUT2D eigenvalue weighted by molar-refractivity contribution is 5.96. The maximum absolute atomic E-state index is 15.1. The molecule has 2 aliphatic carbocycles. The molecule has 51 heavy (non-hydrogen) atoms. The van der Waals surface area contributed by atoms with Crippen LogP contribution in [0.2, 0.25) is 0 Å². The summed E-state index contributed by atoms with van der Waals surface area (Å²) >= 11 is 0. The SMILES string of the molecule is Cc1cc(C(C)(C)C)cc(C)c1NC(=O)[C@@H]1C[C@@H]2CCC[C@@H]2[N+]1([O-])CCC[N+]1([O-])[C@H](C(=O)Nc2c(C)cc(C(C)(C)C)cc2C)C[C@@H]2CCC[C@@H]21. The molecule has 0 radical (unpaired) electrons. The summed E-state index contributed by atoms with van der Waals surface area (Å²) in [5, 5.41) is 36.5. The number of hydrogen-bond donors (Lipinski definition) is 2. The van der Waals surface area contributed by atoms with Gasteiger partial charge in [-0.1, -0.05) is 65.8 Å². The van der Waals surface area contributed by atoms with E-state index in [1.165, 1.54) is 11.1 Å². The van der Waals surface area contributed by atoms with Crippen LogP contribution in [0.25, 0.3) is 0 Å². The van der Waals surface area contributed by atoms with Crippen LogP contribution >= 0.6 is 0 Å². The van der Waals surface area contributed by atoms with Crippen molar-refractivity contribution in [3.8, 4) is 0 Å². The number of amides is 2. The van der Waals surface area contributed by atoms with Crippen LogP contribution in [0.3, 0.4) is 0 Å². The van der Waals surface area contributed by atoms with E-state index in [0.29, 0.717) is 19.3 Å². The van der Waals surface area contributed by atoms with E-state index in [-0.39, 0.29) is 59.7 Å². The predicted molar refractivity (Wildman–Crippen MR) is 207 cm³/mol. The summed E-state index contributed by atoms with van der Waals surface area (Å²) in [6.07, 6.45) is 7.26. The van der Waals surface area contributed by atoms with Gasteiger partial charge in [-0.05, 0) is 97.6 Å². The molecule has 2 N–H and O–H groups in total. The van der Waals surface area contributed by atoms with E-state index in [2.05, 4.69) is 76.4 Å². The molecule has 6 rings (SSSR count). The summed E-state index contributed by atoms with van der Waals surface area (Å²) in [7, 11) is 0. The number of carbonyl (C=O) groups excluding carboxylic acids is 2. The summed E-state index contributed by atoms with van der Waals surface area (Å²) in [6, 6.07) is 6.97. The molecule has 0 bridgehead atoms. The molecule has 2 aliphatic heterocycles. The minimum Gasteiger partial charge on any atom is -0.632 e. The van der Waals surface area contributed by atoms with Crippen LogP contribution in [0.1, 0.15) is 133 Å². The number of aryl methyl sites for hydroxylation is 4. The van der Waals surface area contributed by atoms with Gasteiger partial charge in [0.05, 0.1) is 25.2 Å². The lowest BCUT2D eigenvalue weighted by atomic mass is 9.84. The Bertz CT molecular complexity index is 1510. The summed E-state index contributed by atoms with van der Waals surface area (Å²) in [4.78, 5) is 28.2. The third-order valence-electron chi connectivity index (χ3n) is 13.4. The Labute approximate surface area is 307 Å². The molecular formula is C43H64N4O4. The van der Waals surface area contributed by atoms with Crippen molar-refractivity contribution >= 4 is 23.2 Å². The van der Waals surface area contributed by atoms with Gasteiger partial charge in [0.2, 0.25) is 0 Å². The second-order valence-electron chi connectivity index (χ2n) is 19.0. The van der Waals surface area contributed by atoms with E-state index in [1.807, 2.05) is 27.7 Å². The topological polar surface area (TPSA) is 104 Å². The van der Waals surface area contributed by atoms with Crippen molar-refractivity contribution < 1.29 is 18.9 Å². The van der Waals surface area contributed by atoms with Crippen LogP contribution in [-0.2, 0) is 20.4 Å². The summed E-state index contributed by atoms with van der Waals surface area (Å²) in [5.41, 5.74) is 8.06. The van der Waals surface area contributed by atoms with Crippen LogP contribution in [0.4, 0.5) is 11.4 Å². The zero-order chi connectivity index (χ0) is 37.3. The van der Waals surface area contributed by atoms with E-state index in [4.69, 9.17) is 0 Å². The van der Waals surface area contributed by atoms with Gasteiger partial charge in [-0.2, -0.15) is 0 Å². The normalized spacial score (nSPS) is 31.8. The monoisotopic (exact) mass is 700 g/mol. The molecule has 2 aromatic rings. The van der Waals surface area contributed by atoms with Crippen molar-refractivity contribution in [1.82, 2.24) is 0 Å². The second kappa shape index (κ2) is 13.6. The summed E-state index contributed by atoms with van der Waals surface area (Å²) in [6.45, 7) is 21.7. The highest BCUT2D eigenvalue weighted by Crippen LogP contribution is 2.49. The molecule has 2 aromatic carbocycles. The molecular weight excluding hydrogens is 636 g/mol. The zero-order valence-corrected chi connectivity index (χ0v) is 33.1. The average molecular weight is 701 g/mol. The Balaban J connectivity index is 1.19. The number of benzene rings is 2. The molecule has 0 aromatic heterocycles. The highest BCUT2D eigenvalue weighted by Gasteiger charge is 2.57. The first-order valence-electron chi connectivity index (χ1n) is 19.8. The molecule has 8 nitrogen and oxygen atoms in total. The number of quaternary nitrogens is 2. The fraction of sp³-hybridized carbons (Fsp3) is 0.674. The van der Waals surface area contributed by atoms with Gasteiger partial charge in [-0.15, -0.1) is 0 Å². The lowest BCUT2D eigenvalue weighted by molar-refractivity contribution is -0.926. The average Bonchev–Trinajstić information content (AvgIpc) is 3.80. The molecule has 2 saturated carbocycles. The number of fused-ring (bicyclic) bond motifs is 2. The van der Waals surface area contributed by atoms with Crippen molar-refractivity contribution in [1.29, 1.82) is 0 Å². The van der Waals surface area contributed by atoms with Gasteiger partial charge in [0.15, 0.2) is 12.1 Å². The Morgan fingerprint density at radius 3 is 1.27 bits per heavy atom. The Kier molecular flexibility index (Phi) is 10.1. The largest absolute Gasteiger partial charge is 0.632 e. The van der Waals surface area contributed by atoms with E-state index in [1.54, 1.807) is 0 Å². The maximum Gasteiger partial charge on any atom is 0.283 e. The molecule has 4 aliphatic rings. The van der Waals surface area contributed by atoms with E-state index in [9.17, 15) is 9.59 Å². The number of carbonyl (C=O) groups is 2. The lowest BCUT2D eigenvalue weighted by Gasteiger charge is -2.51. The van der Waals surface area contributed by atoms with Crippen molar-refractivity contribution in [2.24, 2.45) is 11.8 Å². The Morgan fingerprint density at radius 1 is 0.627 bits per heavy atom. The van der Waals surface area contributed by atoms with Gasteiger partial charge in [0.1, 0.15) is 0 Å². The number of nitrogens with zero attached hydrogens (tertiary/aromatic N) is 2. The number of nitrogens with one attached hydrogen (secondary N) is 2. The molecule has 2 saturated heterocycles. The van der Waals surface area contributed by atoms with E-state index < -0.39 is 21.4 Å². The van der Waals surface area contributed by atoms with Crippen LogP contribution in [0.15, 0.2) is 24.3 Å². The van der Waals surface area contributed by atoms with E-state index >= 15 is 10.4 Å². The third kappa shape index (κ3) is 7.03. The number of likely N-dealkylation sites (tertiary alicyclic amines) is 2. The van der Waals surface area contributed by atoms with Gasteiger partial charge >= 0.3 is 0 Å². The van der Waals surface area contributed by atoms with Gasteiger partial charge in [0.25, 0.3) is 11.8 Å². The number of hydroxylamine groups is 6. The molecule has 2 unspecified atom stereocenters. The van der Waals surface area contributed by atoms with Crippen LogP contribution in [0, 0.1) is 49.9 Å². The van der Waals surface area contributed by atoms with Gasteiger partial charge in [-0.3, -0.25) is 9.59 Å². The fourth-order valence-electron chi connectivity index (χ4n) is 10.5. The fourth-order valence-corrected chi connectivity index (χ4v) is 10.5. The third-order valence-corrected chi connectivity index (χ3v) is 13.4. The maximum atomic E-state index is 15.1. The molecule has 8 atom stereocenters. The predicted octanol–water partition coefficient (Wildman–Crippen LogP) is 8.99. The van der Waals surface area contributed by atoms with Crippen LogP contribution < -0.4 is 10.6 Å². The van der Waals surface area contributed by atoms with Crippen LogP contribution in [0.5, 0.6) is 0 Å². The Morgan fingerprint density at radius 2 is 0.961 bits per heavy atom. The van der Waals surface area contributed by atoms with Crippen molar-refractivity contribution in [3.05, 3.63) is 68.1 Å². The number of rotatable bonds is 8. The van der Waals surface area contributed by atoms with Crippen molar-refractivity contribution in [2.75, 3.05) is 23.7 Å². The quantitative estimate of drug-likeness (QED) is 0.212. The summed E-state index contributed by atoms with van der Waals surface area (Å²) < 4.78 is -1.09. The minimum atomic E-state index is -0.694. The van der Waals surface area contributed by atoms with Gasteiger partial charge < -0.3 is 30.3 Å². The minimum absolute atomic E-state index is 0.00739.